The molecule has 0 saturated carbocycles. The van der Waals surface area contributed by atoms with E-state index in [0.29, 0.717) is 12.2 Å². The number of rotatable bonds is 2. The van der Waals surface area contributed by atoms with Gasteiger partial charge in [-0.1, -0.05) is 6.07 Å². The minimum absolute atomic E-state index is 0.326. The van der Waals surface area contributed by atoms with Crippen LogP contribution in [-0.4, -0.2) is 19.3 Å². The maximum Gasteiger partial charge on any atom is 0.127 e. The number of halogens is 1. The van der Waals surface area contributed by atoms with Crippen LogP contribution in [-0.2, 0) is 6.42 Å². The number of hydrogen-bond acceptors (Lipinski definition) is 3. The quantitative estimate of drug-likeness (QED) is 0.545. The van der Waals surface area contributed by atoms with Crippen molar-refractivity contribution in [3.8, 4) is 28.4 Å². The number of hydrogen-bond donors (Lipinski definition) is 1. The minimum atomic E-state index is 0.326. The molecule has 3 aromatic rings. The van der Waals surface area contributed by atoms with Crippen LogP contribution in [0.4, 0.5) is 0 Å². The first-order valence-electron chi connectivity index (χ1n) is 7.32. The summed E-state index contributed by atoms with van der Waals surface area (Å²) in [5.41, 5.74) is 4.32. The Kier molecular flexibility index (Phi) is 3.23. The van der Waals surface area contributed by atoms with Crippen molar-refractivity contribution in [3.63, 3.8) is 0 Å². The SMILES string of the molecule is COc1ccc2c(c1)Cc1c-2c(Br)c2ccc(OC)cc2c1O. The van der Waals surface area contributed by atoms with Gasteiger partial charge in [0.15, 0.2) is 0 Å². The molecule has 0 amide bonds. The molecule has 0 aromatic heterocycles. The summed E-state index contributed by atoms with van der Waals surface area (Å²) in [6, 6.07) is 11.8. The second-order valence-corrected chi connectivity index (χ2v) is 6.42. The fourth-order valence-electron chi connectivity index (χ4n) is 3.32. The van der Waals surface area contributed by atoms with E-state index in [0.717, 1.165) is 49.0 Å². The molecule has 0 unspecified atom stereocenters. The zero-order valence-electron chi connectivity index (χ0n) is 12.8. The van der Waals surface area contributed by atoms with Gasteiger partial charge in [-0.25, -0.2) is 0 Å². The van der Waals surface area contributed by atoms with Crippen LogP contribution >= 0.6 is 15.9 Å². The van der Waals surface area contributed by atoms with Crippen molar-refractivity contribution in [3.05, 3.63) is 52.0 Å². The van der Waals surface area contributed by atoms with Gasteiger partial charge >= 0.3 is 0 Å². The van der Waals surface area contributed by atoms with E-state index in [-0.39, 0.29) is 0 Å². The van der Waals surface area contributed by atoms with Crippen molar-refractivity contribution >= 4 is 26.7 Å². The van der Waals surface area contributed by atoms with E-state index in [1.165, 1.54) is 0 Å². The average molecular weight is 371 g/mol. The van der Waals surface area contributed by atoms with Gasteiger partial charge in [-0.2, -0.15) is 0 Å². The minimum Gasteiger partial charge on any atom is -0.507 e. The molecule has 0 saturated heterocycles. The molecular formula is C19H15BrO3. The molecule has 0 radical (unpaired) electrons. The molecule has 0 spiro atoms. The molecular weight excluding hydrogens is 356 g/mol. The Morgan fingerprint density at radius 3 is 2.39 bits per heavy atom. The first kappa shape index (κ1) is 14.4. The highest BCUT2D eigenvalue weighted by Gasteiger charge is 2.27. The summed E-state index contributed by atoms with van der Waals surface area (Å²) >= 11 is 3.74. The molecule has 4 rings (SSSR count). The van der Waals surface area contributed by atoms with Crippen LogP contribution in [0.5, 0.6) is 17.2 Å². The van der Waals surface area contributed by atoms with Gasteiger partial charge in [0.05, 0.1) is 14.2 Å². The third-order valence-electron chi connectivity index (χ3n) is 4.47. The number of phenols is 1. The highest BCUT2D eigenvalue weighted by molar-refractivity contribution is 9.10. The molecule has 1 aliphatic carbocycles. The van der Waals surface area contributed by atoms with E-state index in [1.807, 2.05) is 30.3 Å². The number of ether oxygens (including phenoxy) is 2. The van der Waals surface area contributed by atoms with E-state index in [9.17, 15) is 5.11 Å². The summed E-state index contributed by atoms with van der Waals surface area (Å²) in [4.78, 5) is 0. The van der Waals surface area contributed by atoms with Crippen LogP contribution in [0.2, 0.25) is 0 Å². The van der Waals surface area contributed by atoms with Gasteiger partial charge in [0, 0.05) is 32.8 Å². The largest absolute Gasteiger partial charge is 0.507 e. The van der Waals surface area contributed by atoms with Gasteiger partial charge in [0.2, 0.25) is 0 Å². The van der Waals surface area contributed by atoms with Crippen LogP contribution < -0.4 is 9.47 Å². The first-order valence-corrected chi connectivity index (χ1v) is 8.11. The second-order valence-electron chi connectivity index (χ2n) is 5.63. The Bertz CT molecular complexity index is 947. The van der Waals surface area contributed by atoms with Crippen molar-refractivity contribution in [2.24, 2.45) is 0 Å². The van der Waals surface area contributed by atoms with Gasteiger partial charge in [-0.3, -0.25) is 0 Å². The number of benzene rings is 3. The van der Waals surface area contributed by atoms with Crippen molar-refractivity contribution in [1.82, 2.24) is 0 Å². The summed E-state index contributed by atoms with van der Waals surface area (Å²) < 4.78 is 11.6. The van der Waals surface area contributed by atoms with Crippen molar-refractivity contribution in [1.29, 1.82) is 0 Å². The van der Waals surface area contributed by atoms with E-state index in [4.69, 9.17) is 9.47 Å². The molecule has 1 N–H and O–H groups in total. The summed E-state index contributed by atoms with van der Waals surface area (Å²) in [5.74, 6) is 1.89. The number of aromatic hydroxyl groups is 1. The fourth-order valence-corrected chi connectivity index (χ4v) is 4.11. The molecule has 3 aromatic carbocycles. The molecule has 23 heavy (non-hydrogen) atoms. The fraction of sp³-hybridized carbons (Fsp3) is 0.158. The molecule has 0 aliphatic heterocycles. The molecule has 0 atom stereocenters. The predicted octanol–water partition coefficient (Wildman–Crippen LogP) is 4.90. The number of phenolic OH excluding ortho intramolecular Hbond substituents is 1. The van der Waals surface area contributed by atoms with Gasteiger partial charge in [-0.05, 0) is 57.4 Å². The lowest BCUT2D eigenvalue weighted by Crippen LogP contribution is -1.89. The smallest absolute Gasteiger partial charge is 0.127 e. The molecule has 4 heteroatoms. The maximum absolute atomic E-state index is 10.8. The van der Waals surface area contributed by atoms with Gasteiger partial charge in [0.25, 0.3) is 0 Å². The predicted molar refractivity (Wildman–Crippen MR) is 94.7 cm³/mol. The molecule has 0 fully saturated rings. The molecule has 3 nitrogen and oxygen atoms in total. The van der Waals surface area contributed by atoms with Gasteiger partial charge < -0.3 is 14.6 Å². The number of fused-ring (bicyclic) bond motifs is 4. The van der Waals surface area contributed by atoms with Crippen molar-refractivity contribution < 1.29 is 14.6 Å². The van der Waals surface area contributed by atoms with E-state index < -0.39 is 0 Å². The standard InChI is InChI=1S/C19H15BrO3/c1-22-11-3-5-13-10(7-11)8-16-17(13)18(20)14-6-4-12(23-2)9-15(14)19(16)21/h3-7,9,21H,8H2,1-2H3. The lowest BCUT2D eigenvalue weighted by Gasteiger charge is -2.13. The van der Waals surface area contributed by atoms with Crippen LogP contribution in [0.25, 0.3) is 21.9 Å². The normalized spacial score (nSPS) is 12.1. The zero-order valence-corrected chi connectivity index (χ0v) is 14.4. The molecule has 0 heterocycles. The molecule has 1 aliphatic rings. The van der Waals surface area contributed by atoms with E-state index in [1.54, 1.807) is 14.2 Å². The lowest BCUT2D eigenvalue weighted by molar-refractivity contribution is 0.414. The maximum atomic E-state index is 10.8. The van der Waals surface area contributed by atoms with Crippen LogP contribution in [0.3, 0.4) is 0 Å². The van der Waals surface area contributed by atoms with Crippen molar-refractivity contribution in [2.45, 2.75) is 6.42 Å². The lowest BCUT2D eigenvalue weighted by atomic mass is 9.99. The Labute approximate surface area is 142 Å². The van der Waals surface area contributed by atoms with E-state index in [2.05, 4.69) is 22.0 Å². The number of methoxy groups -OCH3 is 2. The third-order valence-corrected chi connectivity index (χ3v) is 5.30. The third kappa shape index (κ3) is 2.01. The van der Waals surface area contributed by atoms with Crippen LogP contribution in [0, 0.1) is 0 Å². The van der Waals surface area contributed by atoms with Crippen molar-refractivity contribution in [2.75, 3.05) is 14.2 Å². The summed E-state index contributed by atoms with van der Waals surface area (Å²) in [6.45, 7) is 0. The van der Waals surface area contributed by atoms with Crippen LogP contribution in [0.1, 0.15) is 11.1 Å². The molecule has 116 valence electrons. The summed E-state index contributed by atoms with van der Waals surface area (Å²) in [6.07, 6.45) is 0.694. The Balaban J connectivity index is 2.03. The average Bonchev–Trinajstić information content (AvgIpc) is 2.98. The Morgan fingerprint density at radius 2 is 1.65 bits per heavy atom. The monoisotopic (exact) mass is 370 g/mol. The molecule has 0 bridgehead atoms. The highest BCUT2D eigenvalue weighted by atomic mass is 79.9. The zero-order chi connectivity index (χ0) is 16.1. The summed E-state index contributed by atoms with van der Waals surface area (Å²) in [7, 11) is 3.29. The Hall–Kier alpha value is -2.20. The topological polar surface area (TPSA) is 38.7 Å². The highest BCUT2D eigenvalue weighted by Crippen LogP contribution is 2.50. The Morgan fingerprint density at radius 1 is 0.957 bits per heavy atom. The van der Waals surface area contributed by atoms with Crippen LogP contribution in [0.15, 0.2) is 40.9 Å². The second kappa shape index (κ2) is 5.17. The first-order chi connectivity index (χ1) is 11.1. The van der Waals surface area contributed by atoms with E-state index >= 15 is 0 Å². The van der Waals surface area contributed by atoms with Gasteiger partial charge in [0.1, 0.15) is 17.2 Å². The van der Waals surface area contributed by atoms with Gasteiger partial charge in [-0.15, -0.1) is 0 Å². The summed E-state index contributed by atoms with van der Waals surface area (Å²) in [5, 5.41) is 12.6.